The van der Waals surface area contributed by atoms with Crippen LogP contribution in [0.5, 0.6) is 0 Å². The summed E-state index contributed by atoms with van der Waals surface area (Å²) in [7, 11) is -3.23. The average molecular weight is 250 g/mol. The molecule has 7 heteroatoms. The zero-order valence-corrected chi connectivity index (χ0v) is 10.1. The molecule has 1 N–H and O–H groups in total. The Kier molecular flexibility index (Phi) is 3.87. The van der Waals surface area contributed by atoms with E-state index in [4.69, 9.17) is 11.6 Å². The molecule has 1 aromatic heterocycles. The predicted molar refractivity (Wildman–Crippen MR) is 58.2 cm³/mol. The van der Waals surface area contributed by atoms with Crippen molar-refractivity contribution in [3.63, 3.8) is 0 Å². The minimum atomic E-state index is -3.23. The van der Waals surface area contributed by atoms with E-state index in [1.54, 1.807) is 13.8 Å². The van der Waals surface area contributed by atoms with Gasteiger partial charge in [0.1, 0.15) is 11.6 Å². The van der Waals surface area contributed by atoms with Crippen molar-refractivity contribution in [3.8, 4) is 0 Å². The fraction of sp³-hybridized carbons (Fsp3) is 0.500. The molecule has 1 rings (SSSR count). The Morgan fingerprint density at radius 3 is 2.73 bits per heavy atom. The van der Waals surface area contributed by atoms with E-state index in [1.807, 2.05) is 0 Å². The third-order valence-corrected chi connectivity index (χ3v) is 3.59. The summed E-state index contributed by atoms with van der Waals surface area (Å²) in [6, 6.07) is 0. The number of aryl methyl sites for hydroxylation is 1. The average Bonchev–Trinajstić information content (AvgIpc) is 2.49. The minimum Gasteiger partial charge on any atom is -0.263 e. The number of rotatable bonds is 4. The zero-order valence-electron chi connectivity index (χ0n) is 8.49. The fourth-order valence-electron chi connectivity index (χ4n) is 1.08. The highest BCUT2D eigenvalue weighted by Gasteiger charge is 2.15. The lowest BCUT2D eigenvalue weighted by molar-refractivity contribution is 0.596. The highest BCUT2D eigenvalue weighted by molar-refractivity contribution is 7.90. The topological polar surface area (TPSA) is 75.7 Å². The number of hydrogen-bond donors (Lipinski definition) is 1. The van der Waals surface area contributed by atoms with Gasteiger partial charge >= 0.3 is 0 Å². The second kappa shape index (κ2) is 4.76. The summed E-state index contributed by atoms with van der Waals surface area (Å²) in [5.74, 6) is 0.656. The second-order valence-corrected chi connectivity index (χ2v) is 5.61. The van der Waals surface area contributed by atoms with Crippen LogP contribution in [-0.2, 0) is 15.6 Å². The van der Waals surface area contributed by atoms with Crippen molar-refractivity contribution in [2.24, 2.45) is 0 Å². The molecule has 1 aromatic rings. The molecule has 5 nitrogen and oxygen atoms in total. The first-order chi connectivity index (χ1) is 6.93. The Labute approximate surface area is 93.5 Å². The van der Waals surface area contributed by atoms with Gasteiger partial charge in [-0.3, -0.25) is 5.10 Å². The van der Waals surface area contributed by atoms with Crippen LogP contribution in [0.3, 0.4) is 0 Å². The Balaban J connectivity index is 2.73. The first kappa shape index (κ1) is 12.2. The highest BCUT2D eigenvalue weighted by atomic mass is 35.5. The molecule has 0 unspecified atom stereocenters. The van der Waals surface area contributed by atoms with Gasteiger partial charge in [-0.1, -0.05) is 11.6 Å². The van der Waals surface area contributed by atoms with Crippen LogP contribution in [0.1, 0.15) is 18.6 Å². The largest absolute Gasteiger partial charge is 0.263 e. The lowest BCUT2D eigenvalue weighted by Gasteiger charge is -2.00. The maximum Gasteiger partial charge on any atom is 0.165 e. The molecule has 0 saturated carbocycles. The molecule has 1 heterocycles. The summed E-state index contributed by atoms with van der Waals surface area (Å²) >= 11 is 5.40. The number of halogens is 1. The van der Waals surface area contributed by atoms with Crippen LogP contribution in [0, 0.1) is 6.92 Å². The molecular formula is C8H12ClN3O2S. The molecule has 0 spiro atoms. The molecule has 0 aliphatic heterocycles. The minimum absolute atomic E-state index is 0.0654. The van der Waals surface area contributed by atoms with Crippen LogP contribution in [0.15, 0.2) is 11.1 Å². The summed E-state index contributed by atoms with van der Waals surface area (Å²) in [5.41, 5.74) is 1.87. The van der Waals surface area contributed by atoms with Gasteiger partial charge in [0.15, 0.2) is 15.7 Å². The van der Waals surface area contributed by atoms with Crippen molar-refractivity contribution in [2.45, 2.75) is 19.6 Å². The molecular weight excluding hydrogens is 238 g/mol. The SMILES string of the molecule is C/C(=C\Cl)CS(=O)(=O)Cc1n[nH]c(C)n1. The molecule has 0 aliphatic rings. The quantitative estimate of drug-likeness (QED) is 0.869. The van der Waals surface area contributed by atoms with Gasteiger partial charge in [0.2, 0.25) is 0 Å². The van der Waals surface area contributed by atoms with Crippen molar-refractivity contribution in [1.29, 1.82) is 0 Å². The number of aromatic nitrogens is 3. The van der Waals surface area contributed by atoms with Crippen LogP contribution >= 0.6 is 11.6 Å². The van der Waals surface area contributed by atoms with Gasteiger partial charge in [0.25, 0.3) is 0 Å². The molecule has 0 saturated heterocycles. The van der Waals surface area contributed by atoms with Crippen molar-refractivity contribution < 1.29 is 8.42 Å². The number of H-pyrrole nitrogens is 1. The number of sulfone groups is 1. The maximum atomic E-state index is 11.6. The van der Waals surface area contributed by atoms with E-state index in [0.29, 0.717) is 11.4 Å². The van der Waals surface area contributed by atoms with Crippen molar-refractivity contribution in [2.75, 3.05) is 5.75 Å². The fourth-order valence-corrected chi connectivity index (χ4v) is 2.65. The molecule has 0 amide bonds. The maximum absolute atomic E-state index is 11.6. The zero-order chi connectivity index (χ0) is 11.5. The highest BCUT2D eigenvalue weighted by Crippen LogP contribution is 2.07. The summed E-state index contributed by atoms with van der Waals surface area (Å²) in [6.07, 6.45) is 0. The van der Waals surface area contributed by atoms with Gasteiger partial charge in [0.05, 0.1) is 5.75 Å². The van der Waals surface area contributed by atoms with E-state index < -0.39 is 9.84 Å². The number of nitrogens with zero attached hydrogens (tertiary/aromatic N) is 2. The summed E-state index contributed by atoms with van der Waals surface area (Å²) in [4.78, 5) is 3.93. The van der Waals surface area contributed by atoms with Crippen LogP contribution < -0.4 is 0 Å². The predicted octanol–water partition coefficient (Wildman–Crippen LogP) is 1.17. The lowest BCUT2D eigenvalue weighted by atomic mass is 10.4. The Bertz CT molecular complexity index is 464. The van der Waals surface area contributed by atoms with Gasteiger partial charge in [-0.15, -0.1) is 0 Å². The molecule has 0 bridgehead atoms. The molecule has 0 fully saturated rings. The van der Waals surface area contributed by atoms with Crippen molar-refractivity contribution >= 4 is 21.4 Å². The van der Waals surface area contributed by atoms with Gasteiger partial charge in [-0.05, 0) is 19.4 Å². The van der Waals surface area contributed by atoms with E-state index in [2.05, 4.69) is 15.2 Å². The third kappa shape index (κ3) is 4.01. The summed E-state index contributed by atoms with van der Waals surface area (Å²) in [5, 5.41) is 6.36. The van der Waals surface area contributed by atoms with Gasteiger partial charge in [-0.25, -0.2) is 13.4 Å². The second-order valence-electron chi connectivity index (χ2n) is 3.32. The van der Waals surface area contributed by atoms with Crippen LogP contribution in [-0.4, -0.2) is 29.4 Å². The Morgan fingerprint density at radius 1 is 1.60 bits per heavy atom. The van der Waals surface area contributed by atoms with E-state index >= 15 is 0 Å². The number of aromatic amines is 1. The Morgan fingerprint density at radius 2 is 2.27 bits per heavy atom. The first-order valence-corrected chi connectivity index (χ1v) is 6.53. The number of hydrogen-bond acceptors (Lipinski definition) is 4. The van der Waals surface area contributed by atoms with Crippen molar-refractivity contribution in [3.05, 3.63) is 22.8 Å². The van der Waals surface area contributed by atoms with Gasteiger partial charge < -0.3 is 0 Å². The van der Waals surface area contributed by atoms with E-state index in [9.17, 15) is 8.42 Å². The van der Waals surface area contributed by atoms with Crippen LogP contribution in [0.4, 0.5) is 0 Å². The molecule has 0 radical (unpaired) electrons. The molecule has 0 atom stereocenters. The Hall–Kier alpha value is -0.880. The van der Waals surface area contributed by atoms with E-state index in [1.165, 1.54) is 5.54 Å². The van der Waals surface area contributed by atoms with Crippen LogP contribution in [0.2, 0.25) is 0 Å². The summed E-state index contributed by atoms with van der Waals surface area (Å²) < 4.78 is 23.2. The number of nitrogens with one attached hydrogen (secondary N) is 1. The summed E-state index contributed by atoms with van der Waals surface area (Å²) in [6.45, 7) is 3.38. The smallest absolute Gasteiger partial charge is 0.165 e. The lowest BCUT2D eigenvalue weighted by Crippen LogP contribution is -2.11. The van der Waals surface area contributed by atoms with E-state index in [0.717, 1.165) is 0 Å². The van der Waals surface area contributed by atoms with Crippen molar-refractivity contribution in [1.82, 2.24) is 15.2 Å². The normalized spacial score (nSPS) is 13.1. The monoisotopic (exact) mass is 249 g/mol. The molecule has 15 heavy (non-hydrogen) atoms. The van der Waals surface area contributed by atoms with Gasteiger partial charge in [0, 0.05) is 5.54 Å². The molecule has 0 aliphatic carbocycles. The molecule has 84 valence electrons. The third-order valence-electron chi connectivity index (χ3n) is 1.63. The molecule has 0 aromatic carbocycles. The van der Waals surface area contributed by atoms with E-state index in [-0.39, 0.29) is 17.3 Å². The van der Waals surface area contributed by atoms with Crippen LogP contribution in [0.25, 0.3) is 0 Å². The van der Waals surface area contributed by atoms with Gasteiger partial charge in [-0.2, -0.15) is 5.10 Å². The first-order valence-electron chi connectivity index (χ1n) is 4.27. The standard InChI is InChI=1S/C8H12ClN3O2S/c1-6(3-9)4-15(13,14)5-8-10-7(2)11-12-8/h3H,4-5H2,1-2H3,(H,10,11,12)/b6-3+.